The van der Waals surface area contributed by atoms with Gasteiger partial charge in [0.25, 0.3) is 0 Å². The van der Waals surface area contributed by atoms with Gasteiger partial charge >= 0.3 is 0 Å². The van der Waals surface area contributed by atoms with E-state index in [-0.39, 0.29) is 0 Å². The molecule has 10 rings (SSSR count). The van der Waals surface area contributed by atoms with Gasteiger partial charge < -0.3 is 9.47 Å². The van der Waals surface area contributed by atoms with E-state index < -0.39 is 0 Å². The Morgan fingerprint density at radius 3 is 1.67 bits per heavy atom. The molecular formula is C55H40N2S. The summed E-state index contributed by atoms with van der Waals surface area (Å²) in [4.78, 5) is 3.49. The fourth-order valence-electron chi connectivity index (χ4n) is 8.34. The first-order valence-electron chi connectivity index (χ1n) is 19.6. The third-order valence-electron chi connectivity index (χ3n) is 11.3. The molecule has 2 heterocycles. The molecule has 8 aromatic carbocycles. The molecule has 2 nitrogen and oxygen atoms in total. The van der Waals surface area contributed by atoms with Gasteiger partial charge in [0.15, 0.2) is 0 Å². The van der Waals surface area contributed by atoms with Crippen molar-refractivity contribution in [2.24, 2.45) is 0 Å². The number of hydrogen-bond donors (Lipinski definition) is 0. The minimum atomic E-state index is 1.09. The highest BCUT2D eigenvalue weighted by atomic mass is 32.1. The summed E-state index contributed by atoms with van der Waals surface area (Å²) in [6.07, 6.45) is 3.88. The zero-order valence-corrected chi connectivity index (χ0v) is 33.1. The van der Waals surface area contributed by atoms with Crippen molar-refractivity contribution in [3.8, 4) is 39.1 Å². The molecule has 0 fully saturated rings. The van der Waals surface area contributed by atoms with E-state index in [4.69, 9.17) is 0 Å². The second-order valence-electron chi connectivity index (χ2n) is 14.7. The van der Waals surface area contributed by atoms with Crippen LogP contribution in [0.3, 0.4) is 0 Å². The smallest absolute Gasteiger partial charge is 0.0541 e. The van der Waals surface area contributed by atoms with Crippen LogP contribution in [0.4, 0.5) is 17.1 Å². The van der Waals surface area contributed by atoms with Crippen LogP contribution in [0, 0.1) is 6.92 Å². The van der Waals surface area contributed by atoms with Crippen molar-refractivity contribution in [3.05, 3.63) is 217 Å². The van der Waals surface area contributed by atoms with Gasteiger partial charge in [-0.15, -0.1) is 11.3 Å². The number of rotatable bonds is 9. The number of benzene rings is 8. The quantitative estimate of drug-likeness (QED) is 0.142. The van der Waals surface area contributed by atoms with Crippen molar-refractivity contribution in [2.45, 2.75) is 6.92 Å². The van der Waals surface area contributed by atoms with Gasteiger partial charge in [-0.3, -0.25) is 0 Å². The molecule has 0 saturated carbocycles. The molecule has 2 aromatic heterocycles. The molecule has 0 amide bonds. The topological polar surface area (TPSA) is 8.17 Å². The summed E-state index contributed by atoms with van der Waals surface area (Å²) in [7, 11) is 0. The van der Waals surface area contributed by atoms with E-state index in [1.54, 1.807) is 11.3 Å². The summed E-state index contributed by atoms with van der Waals surface area (Å²) in [6, 6.07) is 68.3. The van der Waals surface area contributed by atoms with Crippen molar-refractivity contribution >= 4 is 72.4 Å². The number of aromatic nitrogens is 1. The first-order chi connectivity index (χ1) is 28.6. The molecule has 0 aliphatic heterocycles. The summed E-state index contributed by atoms with van der Waals surface area (Å²) in [5.41, 5.74) is 16.4. The Kier molecular flexibility index (Phi) is 8.93. The number of fused-ring (bicyclic) bond motifs is 4. The summed E-state index contributed by atoms with van der Waals surface area (Å²) in [5.74, 6) is 0. The molecule has 276 valence electrons. The van der Waals surface area contributed by atoms with Gasteiger partial charge in [0, 0.05) is 48.5 Å². The van der Waals surface area contributed by atoms with Crippen LogP contribution in [0.5, 0.6) is 0 Å². The van der Waals surface area contributed by atoms with Crippen LogP contribution in [-0.4, -0.2) is 4.57 Å². The summed E-state index contributed by atoms with van der Waals surface area (Å²) in [5, 5.41) is 3.72. The second-order valence-corrected chi connectivity index (χ2v) is 15.8. The van der Waals surface area contributed by atoms with Crippen LogP contribution in [0.25, 0.3) is 83.1 Å². The van der Waals surface area contributed by atoms with Gasteiger partial charge in [0.2, 0.25) is 0 Å². The Bertz CT molecular complexity index is 3110. The van der Waals surface area contributed by atoms with Crippen molar-refractivity contribution in [2.75, 3.05) is 4.90 Å². The van der Waals surface area contributed by atoms with Crippen LogP contribution < -0.4 is 4.90 Å². The number of nitrogens with zero attached hydrogens (tertiary/aromatic N) is 2. The largest absolute Gasteiger partial charge is 0.311 e. The minimum absolute atomic E-state index is 1.09. The number of para-hydroxylation sites is 1. The lowest BCUT2D eigenvalue weighted by Gasteiger charge is -2.26. The highest BCUT2D eigenvalue weighted by molar-refractivity contribution is 7.20. The zero-order valence-electron chi connectivity index (χ0n) is 32.3. The highest BCUT2D eigenvalue weighted by Gasteiger charge is 2.17. The molecule has 0 spiro atoms. The molecule has 58 heavy (non-hydrogen) atoms. The van der Waals surface area contributed by atoms with E-state index >= 15 is 0 Å². The van der Waals surface area contributed by atoms with Gasteiger partial charge in [-0.05, 0) is 113 Å². The van der Waals surface area contributed by atoms with Crippen molar-refractivity contribution in [3.63, 3.8) is 0 Å². The lowest BCUT2D eigenvalue weighted by molar-refractivity contribution is 1.17. The fraction of sp³-hybridized carbons (Fsp3) is 0.0182. The van der Waals surface area contributed by atoms with E-state index in [2.05, 4.69) is 218 Å². The Balaban J connectivity index is 1.04. The maximum Gasteiger partial charge on any atom is 0.0541 e. The molecule has 0 aliphatic carbocycles. The molecule has 3 heteroatoms. The molecule has 0 saturated heterocycles. The fourth-order valence-corrected chi connectivity index (χ4v) is 9.53. The standard InChI is InChI=1S/C55H40N2S/c1-4-47-50-16-11-15-48(55(50)58-54(47)5-2)41-24-33-45(34-25-41)56(43-29-20-39(21-30-43)38-12-7-6-8-13-38)44-31-22-40(23-32-44)42-26-35-53-51(36-42)49-14-9-10-17-52(49)57(53)46-27-18-37(3)19-28-46/h4-36H,1-2H2,3H3. The van der Waals surface area contributed by atoms with E-state index in [1.165, 1.54) is 76.5 Å². The lowest BCUT2D eigenvalue weighted by atomic mass is 10.0. The van der Waals surface area contributed by atoms with Crippen molar-refractivity contribution in [1.29, 1.82) is 0 Å². The predicted octanol–water partition coefficient (Wildman–Crippen LogP) is 16.1. The van der Waals surface area contributed by atoms with E-state index in [0.717, 1.165) is 27.5 Å². The third kappa shape index (κ3) is 6.14. The SMILES string of the molecule is C=Cc1sc2c(-c3ccc(N(c4ccc(-c5ccccc5)cc4)c4ccc(-c5ccc6c(c5)c5ccccc5n6-c5ccc(C)cc5)cc4)cc3)cccc2c1C=C. The first-order valence-corrected chi connectivity index (χ1v) is 20.5. The molecule has 0 atom stereocenters. The van der Waals surface area contributed by atoms with E-state index in [0.29, 0.717) is 0 Å². The van der Waals surface area contributed by atoms with Crippen LogP contribution in [0.2, 0.25) is 0 Å². The van der Waals surface area contributed by atoms with Gasteiger partial charge in [0.05, 0.1) is 11.0 Å². The van der Waals surface area contributed by atoms with Crippen LogP contribution in [0.1, 0.15) is 16.0 Å². The van der Waals surface area contributed by atoms with Gasteiger partial charge in [-0.2, -0.15) is 0 Å². The minimum Gasteiger partial charge on any atom is -0.311 e. The number of thiophene rings is 1. The molecule has 0 radical (unpaired) electrons. The van der Waals surface area contributed by atoms with E-state index in [1.807, 2.05) is 12.2 Å². The lowest BCUT2D eigenvalue weighted by Crippen LogP contribution is -2.09. The van der Waals surface area contributed by atoms with E-state index in [9.17, 15) is 0 Å². The molecule has 0 aliphatic rings. The Hall–Kier alpha value is -7.20. The molecule has 10 aromatic rings. The summed E-state index contributed by atoms with van der Waals surface area (Å²) < 4.78 is 3.63. The molecule has 0 unspecified atom stereocenters. The molecular weight excluding hydrogens is 721 g/mol. The first kappa shape index (κ1) is 35.2. The average molecular weight is 761 g/mol. The zero-order chi connectivity index (χ0) is 39.2. The normalized spacial score (nSPS) is 11.3. The predicted molar refractivity (Wildman–Crippen MR) is 252 cm³/mol. The Morgan fingerprint density at radius 2 is 1.02 bits per heavy atom. The second kappa shape index (κ2) is 14.7. The van der Waals surface area contributed by atoms with Crippen LogP contribution >= 0.6 is 11.3 Å². The maximum atomic E-state index is 4.09. The number of aryl methyl sites for hydroxylation is 1. The van der Waals surface area contributed by atoms with Gasteiger partial charge in [-0.1, -0.05) is 152 Å². The van der Waals surface area contributed by atoms with Crippen LogP contribution in [-0.2, 0) is 0 Å². The molecule has 0 N–H and O–H groups in total. The maximum absolute atomic E-state index is 4.09. The van der Waals surface area contributed by atoms with Crippen molar-refractivity contribution in [1.82, 2.24) is 4.57 Å². The molecule has 0 bridgehead atoms. The van der Waals surface area contributed by atoms with Crippen molar-refractivity contribution < 1.29 is 0 Å². The number of hydrogen-bond acceptors (Lipinski definition) is 2. The van der Waals surface area contributed by atoms with Crippen LogP contribution in [0.15, 0.2) is 201 Å². The average Bonchev–Trinajstić information content (AvgIpc) is 3.83. The monoisotopic (exact) mass is 760 g/mol. The number of anilines is 3. The third-order valence-corrected chi connectivity index (χ3v) is 12.5. The summed E-state index contributed by atoms with van der Waals surface area (Å²) in [6.45, 7) is 10.3. The Labute approximate surface area is 343 Å². The summed E-state index contributed by atoms with van der Waals surface area (Å²) >= 11 is 1.77. The highest BCUT2D eigenvalue weighted by Crippen LogP contribution is 2.42. The van der Waals surface area contributed by atoms with Gasteiger partial charge in [-0.25, -0.2) is 0 Å². The Morgan fingerprint density at radius 1 is 0.466 bits per heavy atom. The van der Waals surface area contributed by atoms with Gasteiger partial charge in [0.1, 0.15) is 0 Å².